The number of carbonyl (C=O) groups excluding carboxylic acids is 2. The van der Waals surface area contributed by atoms with Crippen molar-refractivity contribution in [1.82, 2.24) is 0 Å². The van der Waals surface area contributed by atoms with E-state index in [2.05, 4.69) is 4.74 Å². The summed E-state index contributed by atoms with van der Waals surface area (Å²) in [6.07, 6.45) is -1.27. The maximum Gasteiger partial charge on any atom is 0.378 e. The van der Waals surface area contributed by atoms with Crippen LogP contribution in [-0.4, -0.2) is 59.3 Å². The molecule has 8 nitrogen and oxygen atoms in total. The Bertz CT molecular complexity index is 389. The van der Waals surface area contributed by atoms with E-state index in [9.17, 15) is 19.8 Å². The van der Waals surface area contributed by atoms with Crippen LogP contribution in [0.25, 0.3) is 0 Å². The minimum absolute atomic E-state index is 0.250. The van der Waals surface area contributed by atoms with Gasteiger partial charge in [-0.1, -0.05) is 13.3 Å². The summed E-state index contributed by atoms with van der Waals surface area (Å²) in [5.74, 6) is -2.91. The number of rotatable bonds is 8. The van der Waals surface area contributed by atoms with Gasteiger partial charge in [-0.15, -0.1) is 0 Å². The Morgan fingerprint density at radius 1 is 1.50 bits per heavy atom. The molecular formula is C12H18O8. The number of aliphatic hydroxyl groups is 3. The SMILES string of the molecule is CCCCOC(=O)COC1=C(O)C(C(O)CO)OC1=O. The first-order valence-electron chi connectivity index (χ1n) is 6.22. The van der Waals surface area contributed by atoms with Gasteiger partial charge >= 0.3 is 11.9 Å². The van der Waals surface area contributed by atoms with Crippen LogP contribution in [-0.2, 0) is 23.8 Å². The lowest BCUT2D eigenvalue weighted by atomic mass is 10.2. The predicted molar refractivity (Wildman–Crippen MR) is 64.4 cm³/mol. The van der Waals surface area contributed by atoms with Gasteiger partial charge < -0.3 is 29.5 Å². The minimum atomic E-state index is -1.46. The van der Waals surface area contributed by atoms with Crippen LogP contribution in [0, 0.1) is 0 Å². The van der Waals surface area contributed by atoms with Crippen molar-refractivity contribution in [2.45, 2.75) is 32.0 Å². The molecule has 0 aromatic carbocycles. The normalized spacial score (nSPS) is 19.8. The van der Waals surface area contributed by atoms with Crippen molar-refractivity contribution < 1.29 is 39.1 Å². The highest BCUT2D eigenvalue weighted by Crippen LogP contribution is 2.23. The number of unbranched alkanes of at least 4 members (excludes halogenated alkanes) is 1. The fraction of sp³-hybridized carbons (Fsp3) is 0.667. The highest BCUT2D eigenvalue weighted by molar-refractivity contribution is 5.90. The number of esters is 2. The molecule has 3 N–H and O–H groups in total. The van der Waals surface area contributed by atoms with Crippen LogP contribution < -0.4 is 0 Å². The van der Waals surface area contributed by atoms with E-state index in [0.29, 0.717) is 6.42 Å². The number of aliphatic hydroxyl groups excluding tert-OH is 3. The van der Waals surface area contributed by atoms with Crippen LogP contribution in [0.5, 0.6) is 0 Å². The lowest BCUT2D eigenvalue weighted by Gasteiger charge is -2.13. The van der Waals surface area contributed by atoms with Crippen molar-refractivity contribution >= 4 is 11.9 Å². The highest BCUT2D eigenvalue weighted by atomic mass is 16.6. The molecule has 0 aromatic heterocycles. The standard InChI is InChI=1S/C12H18O8/c1-2-3-4-18-8(15)6-19-11-9(16)10(7(14)5-13)20-12(11)17/h7,10,13-14,16H,2-6H2,1H3. The van der Waals surface area contributed by atoms with E-state index in [-0.39, 0.29) is 6.61 Å². The van der Waals surface area contributed by atoms with Gasteiger partial charge in [-0.05, 0) is 6.42 Å². The van der Waals surface area contributed by atoms with Gasteiger partial charge in [0.2, 0.25) is 5.76 Å². The van der Waals surface area contributed by atoms with E-state index in [1.165, 1.54) is 0 Å². The summed E-state index contributed by atoms with van der Waals surface area (Å²) in [4.78, 5) is 22.6. The van der Waals surface area contributed by atoms with Gasteiger partial charge in [-0.3, -0.25) is 0 Å². The zero-order valence-corrected chi connectivity index (χ0v) is 11.1. The summed E-state index contributed by atoms with van der Waals surface area (Å²) in [7, 11) is 0. The summed E-state index contributed by atoms with van der Waals surface area (Å²) < 4.78 is 14.3. The van der Waals surface area contributed by atoms with E-state index in [1.807, 2.05) is 6.92 Å². The summed E-state index contributed by atoms with van der Waals surface area (Å²) in [5, 5.41) is 27.7. The average Bonchev–Trinajstić information content (AvgIpc) is 2.71. The molecule has 0 fully saturated rings. The summed E-state index contributed by atoms with van der Waals surface area (Å²) in [6.45, 7) is 0.933. The van der Waals surface area contributed by atoms with Crippen molar-refractivity contribution in [3.8, 4) is 0 Å². The molecule has 8 heteroatoms. The Morgan fingerprint density at radius 2 is 2.20 bits per heavy atom. The number of cyclic esters (lactones) is 1. The molecule has 0 aliphatic carbocycles. The molecule has 0 radical (unpaired) electrons. The number of ether oxygens (including phenoxy) is 3. The van der Waals surface area contributed by atoms with Crippen LogP contribution in [0.4, 0.5) is 0 Å². The number of hydrogen-bond acceptors (Lipinski definition) is 8. The lowest BCUT2D eigenvalue weighted by molar-refractivity contribution is -0.151. The lowest BCUT2D eigenvalue weighted by Crippen LogP contribution is -2.31. The molecule has 0 amide bonds. The van der Waals surface area contributed by atoms with Crippen LogP contribution >= 0.6 is 0 Å². The molecule has 1 aliphatic rings. The maximum absolute atomic E-state index is 11.4. The quantitative estimate of drug-likeness (QED) is 0.400. The van der Waals surface area contributed by atoms with Gasteiger partial charge in [0.25, 0.3) is 0 Å². The molecular weight excluding hydrogens is 272 g/mol. The second-order valence-electron chi connectivity index (χ2n) is 4.15. The van der Waals surface area contributed by atoms with Gasteiger partial charge in [0, 0.05) is 0 Å². The van der Waals surface area contributed by atoms with Gasteiger partial charge in [0.1, 0.15) is 6.10 Å². The molecule has 0 saturated heterocycles. The zero-order chi connectivity index (χ0) is 15.1. The van der Waals surface area contributed by atoms with Crippen molar-refractivity contribution in [1.29, 1.82) is 0 Å². The second kappa shape index (κ2) is 7.71. The van der Waals surface area contributed by atoms with Crippen molar-refractivity contribution in [3.05, 3.63) is 11.5 Å². The molecule has 2 unspecified atom stereocenters. The third-order valence-corrected chi connectivity index (χ3v) is 2.55. The molecule has 0 bridgehead atoms. The smallest absolute Gasteiger partial charge is 0.378 e. The molecule has 0 spiro atoms. The van der Waals surface area contributed by atoms with E-state index in [0.717, 1.165) is 6.42 Å². The molecule has 20 heavy (non-hydrogen) atoms. The van der Waals surface area contributed by atoms with E-state index < -0.39 is 48.9 Å². The Labute approximate surface area is 115 Å². The molecule has 0 aromatic rings. The Balaban J connectivity index is 2.51. The van der Waals surface area contributed by atoms with Crippen LogP contribution in [0.3, 0.4) is 0 Å². The van der Waals surface area contributed by atoms with Crippen molar-refractivity contribution in [3.63, 3.8) is 0 Å². The topological polar surface area (TPSA) is 123 Å². The van der Waals surface area contributed by atoms with Crippen LogP contribution in [0.1, 0.15) is 19.8 Å². The van der Waals surface area contributed by atoms with Gasteiger partial charge in [0.15, 0.2) is 18.5 Å². The van der Waals surface area contributed by atoms with E-state index in [1.54, 1.807) is 0 Å². The first kappa shape index (κ1) is 16.3. The van der Waals surface area contributed by atoms with Crippen molar-refractivity contribution in [2.75, 3.05) is 19.8 Å². The van der Waals surface area contributed by atoms with Gasteiger partial charge in [0.05, 0.1) is 13.2 Å². The Kier molecular flexibility index (Phi) is 6.26. The fourth-order valence-corrected chi connectivity index (χ4v) is 1.45. The number of hydrogen-bond donors (Lipinski definition) is 3. The maximum atomic E-state index is 11.4. The first-order chi connectivity index (χ1) is 9.51. The molecule has 1 aliphatic heterocycles. The Hall–Kier alpha value is -1.80. The van der Waals surface area contributed by atoms with Crippen LogP contribution in [0.15, 0.2) is 11.5 Å². The monoisotopic (exact) mass is 290 g/mol. The summed E-state index contributed by atoms with van der Waals surface area (Å²) in [5.41, 5.74) is 0. The molecule has 1 rings (SSSR count). The second-order valence-corrected chi connectivity index (χ2v) is 4.15. The highest BCUT2D eigenvalue weighted by Gasteiger charge is 2.40. The van der Waals surface area contributed by atoms with Gasteiger partial charge in [-0.2, -0.15) is 0 Å². The first-order valence-corrected chi connectivity index (χ1v) is 6.22. The van der Waals surface area contributed by atoms with Crippen molar-refractivity contribution in [2.24, 2.45) is 0 Å². The molecule has 0 saturated carbocycles. The van der Waals surface area contributed by atoms with E-state index in [4.69, 9.17) is 14.6 Å². The Morgan fingerprint density at radius 3 is 2.80 bits per heavy atom. The fourth-order valence-electron chi connectivity index (χ4n) is 1.45. The zero-order valence-electron chi connectivity index (χ0n) is 11.1. The van der Waals surface area contributed by atoms with Gasteiger partial charge in [-0.25, -0.2) is 9.59 Å². The number of carbonyl (C=O) groups is 2. The minimum Gasteiger partial charge on any atom is -0.505 e. The van der Waals surface area contributed by atoms with E-state index >= 15 is 0 Å². The third-order valence-electron chi connectivity index (χ3n) is 2.55. The largest absolute Gasteiger partial charge is 0.505 e. The molecule has 1 heterocycles. The molecule has 2 atom stereocenters. The van der Waals surface area contributed by atoms with Crippen LogP contribution in [0.2, 0.25) is 0 Å². The average molecular weight is 290 g/mol. The third kappa shape index (κ3) is 4.10. The predicted octanol–water partition coefficient (Wildman–Crippen LogP) is -0.606. The molecule has 114 valence electrons. The summed E-state index contributed by atoms with van der Waals surface area (Å²) in [6, 6.07) is 0. The summed E-state index contributed by atoms with van der Waals surface area (Å²) >= 11 is 0.